The summed E-state index contributed by atoms with van der Waals surface area (Å²) < 4.78 is 0. The smallest absolute Gasteiger partial charge is 0.270 e. The Balaban J connectivity index is 1.69. The summed E-state index contributed by atoms with van der Waals surface area (Å²) in [4.78, 5) is 42.2. The van der Waals surface area contributed by atoms with Gasteiger partial charge in [-0.2, -0.15) is 5.26 Å². The van der Waals surface area contributed by atoms with Crippen LogP contribution in [-0.2, 0) is 9.59 Å². The summed E-state index contributed by atoms with van der Waals surface area (Å²) in [5.74, 6) is -0.911. The third-order valence-corrected chi connectivity index (χ3v) is 6.57. The number of halogens is 2. The van der Waals surface area contributed by atoms with Crippen LogP contribution in [0.25, 0.3) is 0 Å². The van der Waals surface area contributed by atoms with Gasteiger partial charge in [0, 0.05) is 18.5 Å². The molecule has 1 aliphatic carbocycles. The molecule has 0 bridgehead atoms. The number of hydrogen-bond acceptors (Lipinski definition) is 4. The monoisotopic (exact) mass is 467 g/mol. The molecule has 2 aliphatic rings. The number of amides is 3. The first kappa shape index (κ1) is 23.4. The van der Waals surface area contributed by atoms with Gasteiger partial charge in [-0.3, -0.25) is 14.4 Å². The highest BCUT2D eigenvalue weighted by molar-refractivity contribution is 6.41. The van der Waals surface area contributed by atoms with Crippen LogP contribution >= 0.6 is 23.2 Å². The quantitative estimate of drug-likeness (QED) is 0.544. The minimum absolute atomic E-state index is 0.109. The van der Waals surface area contributed by atoms with Gasteiger partial charge in [0.05, 0.1) is 11.1 Å². The van der Waals surface area contributed by atoms with Gasteiger partial charge >= 0.3 is 0 Å². The molecule has 3 atom stereocenters. The van der Waals surface area contributed by atoms with E-state index in [2.05, 4.69) is 21.7 Å². The first-order valence-corrected chi connectivity index (χ1v) is 11.1. The molecule has 8 nitrogen and oxygen atoms in total. The Kier molecular flexibility index (Phi) is 6.87. The van der Waals surface area contributed by atoms with Crippen molar-refractivity contribution in [3.63, 3.8) is 0 Å². The van der Waals surface area contributed by atoms with E-state index in [9.17, 15) is 19.6 Å². The number of nitrogens with zero attached hydrogens (tertiary/aromatic N) is 2. The van der Waals surface area contributed by atoms with Crippen LogP contribution in [0, 0.1) is 23.2 Å². The lowest BCUT2D eigenvalue weighted by molar-refractivity contribution is -0.127. The van der Waals surface area contributed by atoms with E-state index in [1.54, 1.807) is 7.05 Å². The molecule has 0 unspecified atom stereocenters. The van der Waals surface area contributed by atoms with Gasteiger partial charge in [0.1, 0.15) is 22.9 Å². The molecule has 1 aromatic rings. The van der Waals surface area contributed by atoms with Crippen molar-refractivity contribution in [2.45, 2.75) is 63.6 Å². The fourth-order valence-corrected chi connectivity index (χ4v) is 4.36. The van der Waals surface area contributed by atoms with Gasteiger partial charge in [-0.1, -0.05) is 36.0 Å². The normalized spacial score (nSPS) is 21.7. The van der Waals surface area contributed by atoms with E-state index in [4.69, 9.17) is 23.2 Å². The van der Waals surface area contributed by atoms with Crippen molar-refractivity contribution in [3.8, 4) is 6.07 Å². The molecule has 10 heteroatoms. The molecule has 3 amide bonds. The molecule has 3 N–H and O–H groups in total. The average Bonchev–Trinajstić information content (AvgIpc) is 3.40. The maximum atomic E-state index is 13.1. The predicted octanol–water partition coefficient (Wildman–Crippen LogP) is 2.88. The molecule has 1 saturated heterocycles. The lowest BCUT2D eigenvalue weighted by Gasteiger charge is -2.28. The second-order valence-corrected chi connectivity index (χ2v) is 9.94. The van der Waals surface area contributed by atoms with Gasteiger partial charge in [0.25, 0.3) is 5.91 Å². The molecular weight excluding hydrogens is 441 g/mol. The first-order chi connectivity index (χ1) is 14.5. The zero-order valence-electron chi connectivity index (χ0n) is 17.8. The van der Waals surface area contributed by atoms with E-state index in [0.717, 1.165) is 12.8 Å². The molecule has 2 fully saturated rings. The molecule has 2 heterocycles. The summed E-state index contributed by atoms with van der Waals surface area (Å²) in [6.45, 7) is 3.85. The molecule has 3 rings (SSSR count). The van der Waals surface area contributed by atoms with Crippen molar-refractivity contribution in [2.24, 2.45) is 11.8 Å². The van der Waals surface area contributed by atoms with Crippen molar-refractivity contribution < 1.29 is 14.4 Å². The number of hydrogen-bond donors (Lipinski definition) is 3. The van der Waals surface area contributed by atoms with Gasteiger partial charge in [0.15, 0.2) is 0 Å². The SMILES string of the molecule is CN(C(=O)c1cc(Cl)c(Cl)[nH]1)[C@@H](CC1CC1)C(=O)N[C@H](C#N)C[C@@H]1CC(C)(C)NC1=O. The number of likely N-dealkylation sites (N-methyl/N-ethyl adjacent to an activating group) is 1. The minimum atomic E-state index is -0.822. The summed E-state index contributed by atoms with van der Waals surface area (Å²) in [6, 6.07) is 1.94. The van der Waals surface area contributed by atoms with Gasteiger partial charge in [-0.05, 0) is 45.1 Å². The molecular formula is C21H27Cl2N5O3. The van der Waals surface area contributed by atoms with E-state index in [-0.39, 0.29) is 39.7 Å². The number of carbonyl (C=O) groups is 3. The Labute approximate surface area is 191 Å². The fourth-order valence-electron chi connectivity index (χ4n) is 4.04. The van der Waals surface area contributed by atoms with Crippen molar-refractivity contribution in [2.75, 3.05) is 7.05 Å². The number of aromatic nitrogens is 1. The molecule has 0 aromatic carbocycles. The van der Waals surface area contributed by atoms with Crippen molar-refractivity contribution >= 4 is 40.9 Å². The molecule has 1 saturated carbocycles. The predicted molar refractivity (Wildman–Crippen MR) is 117 cm³/mol. The highest BCUT2D eigenvalue weighted by Crippen LogP contribution is 2.35. The van der Waals surface area contributed by atoms with Crippen molar-refractivity contribution in [3.05, 3.63) is 21.9 Å². The first-order valence-electron chi connectivity index (χ1n) is 10.3. The molecule has 0 radical (unpaired) electrons. The Hall–Kier alpha value is -2.24. The van der Waals surface area contributed by atoms with Crippen molar-refractivity contribution in [1.29, 1.82) is 5.26 Å². The number of carbonyl (C=O) groups excluding carboxylic acids is 3. The molecule has 31 heavy (non-hydrogen) atoms. The second kappa shape index (κ2) is 9.09. The van der Waals surface area contributed by atoms with Crippen molar-refractivity contribution in [1.82, 2.24) is 20.5 Å². The topological polar surface area (TPSA) is 118 Å². The van der Waals surface area contributed by atoms with Crippen LogP contribution in [0.15, 0.2) is 6.07 Å². The van der Waals surface area contributed by atoms with Gasteiger partial charge in [-0.25, -0.2) is 0 Å². The van der Waals surface area contributed by atoms with E-state index in [1.807, 2.05) is 13.8 Å². The summed E-state index contributed by atoms with van der Waals surface area (Å²) in [7, 11) is 1.55. The summed E-state index contributed by atoms with van der Waals surface area (Å²) >= 11 is 11.8. The summed E-state index contributed by atoms with van der Waals surface area (Å²) in [5.41, 5.74) is -0.140. The number of nitrogens with one attached hydrogen (secondary N) is 3. The van der Waals surface area contributed by atoms with Crippen LogP contribution in [0.5, 0.6) is 0 Å². The number of aromatic amines is 1. The zero-order valence-corrected chi connectivity index (χ0v) is 19.3. The Bertz CT molecular complexity index is 899. The third kappa shape index (κ3) is 5.72. The van der Waals surface area contributed by atoms with E-state index < -0.39 is 23.9 Å². The summed E-state index contributed by atoms with van der Waals surface area (Å²) in [5, 5.41) is 15.6. The van der Waals surface area contributed by atoms with E-state index in [0.29, 0.717) is 18.8 Å². The van der Waals surface area contributed by atoms with Crippen LogP contribution in [0.1, 0.15) is 56.4 Å². The maximum absolute atomic E-state index is 13.1. The van der Waals surface area contributed by atoms with Crippen LogP contribution in [0.3, 0.4) is 0 Å². The lowest BCUT2D eigenvalue weighted by Crippen LogP contribution is -2.50. The van der Waals surface area contributed by atoms with Crippen LogP contribution < -0.4 is 10.6 Å². The number of rotatable bonds is 8. The van der Waals surface area contributed by atoms with Gasteiger partial charge in [-0.15, -0.1) is 0 Å². The molecule has 0 spiro atoms. The highest BCUT2D eigenvalue weighted by Gasteiger charge is 2.40. The zero-order chi connectivity index (χ0) is 22.9. The lowest BCUT2D eigenvalue weighted by atomic mass is 9.92. The highest BCUT2D eigenvalue weighted by atomic mass is 35.5. The maximum Gasteiger partial charge on any atom is 0.270 e. The average molecular weight is 468 g/mol. The molecule has 1 aliphatic heterocycles. The standard InChI is InChI=1S/C21H27Cl2N5O3/c1-21(2)9-12(18(29)27-21)7-13(10-24)25-19(30)16(6-11-4-5-11)28(3)20(31)15-8-14(22)17(23)26-15/h8,11-13,16,26H,4-7,9H2,1-3H3,(H,25,30)(H,27,29)/t12-,13+,16+/m1/s1. The Morgan fingerprint density at radius 2 is 2.03 bits per heavy atom. The van der Waals surface area contributed by atoms with Crippen LogP contribution in [0.4, 0.5) is 0 Å². The van der Waals surface area contributed by atoms with E-state index >= 15 is 0 Å². The largest absolute Gasteiger partial charge is 0.351 e. The number of H-pyrrole nitrogens is 1. The van der Waals surface area contributed by atoms with Gasteiger partial charge < -0.3 is 20.5 Å². The fraction of sp³-hybridized carbons (Fsp3) is 0.619. The van der Waals surface area contributed by atoms with Crippen LogP contribution in [0.2, 0.25) is 10.2 Å². The Morgan fingerprint density at radius 1 is 1.35 bits per heavy atom. The third-order valence-electron chi connectivity index (χ3n) is 5.88. The second-order valence-electron chi connectivity index (χ2n) is 9.16. The van der Waals surface area contributed by atoms with Crippen LogP contribution in [-0.4, -0.2) is 52.3 Å². The van der Waals surface area contributed by atoms with Gasteiger partial charge in [0.2, 0.25) is 11.8 Å². The minimum Gasteiger partial charge on any atom is -0.351 e. The summed E-state index contributed by atoms with van der Waals surface area (Å²) in [6.07, 6.45) is 3.34. The Morgan fingerprint density at radius 3 is 2.52 bits per heavy atom. The molecule has 1 aromatic heterocycles. The number of nitriles is 1. The molecule has 168 valence electrons. The van der Waals surface area contributed by atoms with E-state index in [1.165, 1.54) is 11.0 Å².